The van der Waals surface area contributed by atoms with Gasteiger partial charge in [0, 0.05) is 24.9 Å². The summed E-state index contributed by atoms with van der Waals surface area (Å²) in [6.45, 7) is 3.72. The van der Waals surface area contributed by atoms with Crippen LogP contribution in [0.15, 0.2) is 0 Å². The van der Waals surface area contributed by atoms with Crippen molar-refractivity contribution in [2.75, 3.05) is 26.0 Å². The summed E-state index contributed by atoms with van der Waals surface area (Å²) in [6.07, 6.45) is 2.66. The Balaban J connectivity index is 2.07. The number of thiocarbonyl (C=S) groups is 1. The van der Waals surface area contributed by atoms with E-state index in [9.17, 15) is 0 Å². The van der Waals surface area contributed by atoms with Crippen LogP contribution < -0.4 is 10.6 Å². The fraction of sp³-hybridized carbons (Fsp3) is 0.900. The minimum atomic E-state index is 0.270. The average molecular weight is 248 g/mol. The van der Waals surface area contributed by atoms with Crippen LogP contribution in [-0.2, 0) is 4.74 Å². The fourth-order valence-corrected chi connectivity index (χ4v) is 3.06. The Hall–Kier alpha value is 0. The molecule has 3 nitrogen and oxygen atoms in total. The van der Waals surface area contributed by atoms with Crippen LogP contribution in [0.5, 0.6) is 0 Å². The molecule has 0 radical (unpaired) electrons. The molecule has 1 rings (SSSR count). The maximum Gasteiger partial charge on any atom is 0.166 e. The van der Waals surface area contributed by atoms with Crippen LogP contribution in [0.1, 0.15) is 19.8 Å². The van der Waals surface area contributed by atoms with E-state index in [0.717, 1.165) is 16.9 Å². The van der Waals surface area contributed by atoms with Gasteiger partial charge >= 0.3 is 0 Å². The van der Waals surface area contributed by atoms with E-state index in [1.54, 1.807) is 7.11 Å². The molecule has 1 aliphatic rings. The summed E-state index contributed by atoms with van der Waals surface area (Å²) < 4.78 is 5.03. The van der Waals surface area contributed by atoms with Crippen LogP contribution in [-0.4, -0.2) is 42.4 Å². The summed E-state index contributed by atoms with van der Waals surface area (Å²) in [5.74, 6) is 1.30. The van der Waals surface area contributed by atoms with Gasteiger partial charge in [-0.3, -0.25) is 0 Å². The topological polar surface area (TPSA) is 33.3 Å². The summed E-state index contributed by atoms with van der Waals surface area (Å²) in [6, 6.07) is 0.270. The second-order valence-electron chi connectivity index (χ2n) is 3.85. The van der Waals surface area contributed by atoms with Crippen LogP contribution in [0.2, 0.25) is 0 Å². The monoisotopic (exact) mass is 248 g/mol. The van der Waals surface area contributed by atoms with Crippen LogP contribution in [0.25, 0.3) is 0 Å². The first-order valence-corrected chi connectivity index (χ1v) is 6.83. The summed E-state index contributed by atoms with van der Waals surface area (Å²) in [4.78, 5) is 0. The average Bonchev–Trinajstić information content (AvgIpc) is 2.67. The molecule has 0 aliphatic carbocycles. The van der Waals surface area contributed by atoms with Crippen LogP contribution in [0.3, 0.4) is 0 Å². The molecule has 2 unspecified atom stereocenters. The van der Waals surface area contributed by atoms with E-state index in [-0.39, 0.29) is 6.04 Å². The molecule has 0 aromatic carbocycles. The highest BCUT2D eigenvalue weighted by molar-refractivity contribution is 8.00. The summed E-state index contributed by atoms with van der Waals surface area (Å²) in [7, 11) is 1.70. The van der Waals surface area contributed by atoms with Gasteiger partial charge in [-0.05, 0) is 37.7 Å². The molecule has 15 heavy (non-hydrogen) atoms. The fourth-order valence-electron chi connectivity index (χ4n) is 1.58. The lowest BCUT2D eigenvalue weighted by Crippen LogP contribution is -2.44. The molecule has 5 heteroatoms. The zero-order valence-corrected chi connectivity index (χ0v) is 11.0. The quantitative estimate of drug-likeness (QED) is 0.719. The zero-order chi connectivity index (χ0) is 11.1. The Kier molecular flexibility index (Phi) is 6.36. The zero-order valence-electron chi connectivity index (χ0n) is 9.41. The number of thioether (sulfide) groups is 1. The van der Waals surface area contributed by atoms with Gasteiger partial charge in [-0.25, -0.2) is 0 Å². The van der Waals surface area contributed by atoms with Gasteiger partial charge in [-0.2, -0.15) is 11.8 Å². The maximum atomic E-state index is 5.19. The Labute approximate surface area is 102 Å². The normalized spacial score (nSPS) is 22.4. The van der Waals surface area contributed by atoms with Gasteiger partial charge in [-0.1, -0.05) is 0 Å². The van der Waals surface area contributed by atoms with Crippen molar-refractivity contribution < 1.29 is 4.74 Å². The molecular formula is C10H20N2OS2. The van der Waals surface area contributed by atoms with E-state index in [4.69, 9.17) is 17.0 Å². The predicted octanol–water partition coefficient (Wildman–Crippen LogP) is 1.38. The lowest BCUT2D eigenvalue weighted by molar-refractivity contribution is 0.179. The van der Waals surface area contributed by atoms with Gasteiger partial charge in [0.15, 0.2) is 5.11 Å². The molecule has 0 spiro atoms. The lowest BCUT2D eigenvalue weighted by Gasteiger charge is -2.17. The molecule has 2 atom stereocenters. The van der Waals surface area contributed by atoms with E-state index >= 15 is 0 Å². The third-order valence-corrected chi connectivity index (χ3v) is 3.97. The minimum Gasteiger partial charge on any atom is -0.383 e. The number of ether oxygens (including phenoxy) is 1. The van der Waals surface area contributed by atoms with E-state index < -0.39 is 0 Å². The highest BCUT2D eigenvalue weighted by atomic mass is 32.2. The number of hydrogen-bond donors (Lipinski definition) is 2. The minimum absolute atomic E-state index is 0.270. The molecule has 1 saturated heterocycles. The smallest absolute Gasteiger partial charge is 0.166 e. The number of methoxy groups -OCH3 is 1. The first-order valence-electron chi connectivity index (χ1n) is 5.37. The number of nitrogens with one attached hydrogen (secondary N) is 2. The third kappa shape index (κ3) is 5.58. The van der Waals surface area contributed by atoms with E-state index in [2.05, 4.69) is 17.6 Å². The molecule has 1 aliphatic heterocycles. The van der Waals surface area contributed by atoms with Crippen molar-refractivity contribution in [2.24, 2.45) is 0 Å². The molecule has 0 aromatic rings. The van der Waals surface area contributed by atoms with Gasteiger partial charge in [0.05, 0.1) is 6.61 Å². The summed E-state index contributed by atoms with van der Waals surface area (Å²) in [5, 5.41) is 7.93. The Morgan fingerprint density at radius 3 is 3.07 bits per heavy atom. The second kappa shape index (κ2) is 7.30. The van der Waals surface area contributed by atoms with Crippen molar-refractivity contribution >= 4 is 29.1 Å². The van der Waals surface area contributed by atoms with Gasteiger partial charge in [0.25, 0.3) is 0 Å². The number of hydrogen-bond acceptors (Lipinski definition) is 3. The Bertz CT molecular complexity index is 196. The van der Waals surface area contributed by atoms with Crippen molar-refractivity contribution in [3.8, 4) is 0 Å². The maximum absolute atomic E-state index is 5.19. The first kappa shape index (κ1) is 13.1. The van der Waals surface area contributed by atoms with Crippen molar-refractivity contribution in [2.45, 2.75) is 31.1 Å². The summed E-state index contributed by atoms with van der Waals surface area (Å²) >= 11 is 7.23. The van der Waals surface area contributed by atoms with Crippen molar-refractivity contribution in [1.82, 2.24) is 10.6 Å². The Morgan fingerprint density at radius 2 is 2.47 bits per heavy atom. The largest absolute Gasteiger partial charge is 0.383 e. The van der Waals surface area contributed by atoms with Crippen molar-refractivity contribution in [1.29, 1.82) is 0 Å². The van der Waals surface area contributed by atoms with E-state index in [1.807, 2.05) is 11.8 Å². The first-order chi connectivity index (χ1) is 7.22. The second-order valence-corrected chi connectivity index (χ2v) is 5.66. The van der Waals surface area contributed by atoms with Crippen LogP contribution >= 0.6 is 24.0 Å². The molecular weight excluding hydrogens is 228 g/mol. The molecule has 0 bridgehead atoms. The molecule has 1 fully saturated rings. The van der Waals surface area contributed by atoms with Gasteiger partial charge in [0.1, 0.15) is 0 Å². The highest BCUT2D eigenvalue weighted by Crippen LogP contribution is 2.25. The van der Waals surface area contributed by atoms with Gasteiger partial charge < -0.3 is 15.4 Å². The standard InChI is InChI=1S/C10H20N2OS2/c1-8(7-13-2)12-10(14)11-6-9-4-3-5-15-9/h8-9H,3-7H2,1-2H3,(H2,11,12,14). The van der Waals surface area contributed by atoms with Crippen LogP contribution in [0.4, 0.5) is 0 Å². The molecule has 0 aromatic heterocycles. The Morgan fingerprint density at radius 1 is 1.67 bits per heavy atom. The van der Waals surface area contributed by atoms with Gasteiger partial charge in [-0.15, -0.1) is 0 Å². The summed E-state index contributed by atoms with van der Waals surface area (Å²) in [5.41, 5.74) is 0. The molecule has 2 N–H and O–H groups in total. The lowest BCUT2D eigenvalue weighted by atomic mass is 10.2. The molecule has 1 heterocycles. The van der Waals surface area contributed by atoms with E-state index in [0.29, 0.717) is 6.61 Å². The SMILES string of the molecule is COCC(C)NC(=S)NCC1CCCS1. The highest BCUT2D eigenvalue weighted by Gasteiger charge is 2.15. The van der Waals surface area contributed by atoms with Crippen molar-refractivity contribution in [3.63, 3.8) is 0 Å². The third-order valence-electron chi connectivity index (χ3n) is 2.31. The number of rotatable bonds is 5. The predicted molar refractivity (Wildman–Crippen MR) is 70.6 cm³/mol. The van der Waals surface area contributed by atoms with Crippen LogP contribution in [0, 0.1) is 0 Å². The van der Waals surface area contributed by atoms with Gasteiger partial charge in [0.2, 0.25) is 0 Å². The molecule has 88 valence electrons. The molecule has 0 amide bonds. The van der Waals surface area contributed by atoms with E-state index in [1.165, 1.54) is 18.6 Å². The van der Waals surface area contributed by atoms with Crippen molar-refractivity contribution in [3.05, 3.63) is 0 Å². The molecule has 0 saturated carbocycles.